The number of hydrogen-bond donors (Lipinski definition) is 2. The first-order chi connectivity index (χ1) is 11.1. The third-order valence-electron chi connectivity index (χ3n) is 3.98. The van der Waals surface area contributed by atoms with Crippen LogP contribution in [0.1, 0.15) is 10.4 Å². The van der Waals surface area contributed by atoms with Gasteiger partial charge < -0.3 is 20.9 Å². The number of nitrogens with zero attached hydrogens (tertiary/aromatic N) is 3. The number of carbonyl (C=O) groups excluding carboxylic acids is 1. The molecule has 0 saturated carbocycles. The van der Waals surface area contributed by atoms with Gasteiger partial charge in [0.05, 0.1) is 11.9 Å². The Kier molecular flexibility index (Phi) is 4.43. The molecule has 6 heteroatoms. The molecular weight excluding hydrogens is 290 g/mol. The van der Waals surface area contributed by atoms with Crippen molar-refractivity contribution in [3.63, 3.8) is 0 Å². The van der Waals surface area contributed by atoms with Crippen molar-refractivity contribution in [1.29, 1.82) is 0 Å². The lowest BCUT2D eigenvalue weighted by molar-refractivity contribution is 0.102. The van der Waals surface area contributed by atoms with Crippen molar-refractivity contribution in [2.75, 3.05) is 49.2 Å². The maximum absolute atomic E-state index is 12.2. The molecule has 3 N–H and O–H groups in total. The van der Waals surface area contributed by atoms with Crippen LogP contribution < -0.4 is 16.0 Å². The van der Waals surface area contributed by atoms with Crippen LogP contribution in [0.15, 0.2) is 42.6 Å². The van der Waals surface area contributed by atoms with E-state index in [1.54, 1.807) is 30.5 Å². The average Bonchev–Trinajstić information content (AvgIpc) is 2.56. The van der Waals surface area contributed by atoms with Crippen molar-refractivity contribution in [2.45, 2.75) is 0 Å². The Morgan fingerprint density at radius 2 is 1.96 bits per heavy atom. The summed E-state index contributed by atoms with van der Waals surface area (Å²) in [4.78, 5) is 21.2. The molecule has 1 fully saturated rings. The zero-order chi connectivity index (χ0) is 16.2. The Bertz CT molecular complexity index is 678. The molecule has 0 atom stereocenters. The van der Waals surface area contributed by atoms with E-state index in [2.05, 4.69) is 27.1 Å². The summed E-state index contributed by atoms with van der Waals surface area (Å²) < 4.78 is 0. The minimum atomic E-state index is -0.188. The van der Waals surface area contributed by atoms with Gasteiger partial charge in [-0.25, -0.2) is 4.98 Å². The Hall–Kier alpha value is -2.60. The predicted octanol–water partition coefficient (Wildman–Crippen LogP) is 1.67. The minimum Gasteiger partial charge on any atom is -0.399 e. The zero-order valence-corrected chi connectivity index (χ0v) is 13.2. The highest BCUT2D eigenvalue weighted by Crippen LogP contribution is 2.17. The highest BCUT2D eigenvalue weighted by molar-refractivity contribution is 6.04. The fourth-order valence-corrected chi connectivity index (χ4v) is 2.57. The summed E-state index contributed by atoms with van der Waals surface area (Å²) in [6.45, 7) is 4.02. The second kappa shape index (κ2) is 6.66. The molecule has 1 aliphatic rings. The first kappa shape index (κ1) is 15.3. The van der Waals surface area contributed by atoms with Gasteiger partial charge in [0.2, 0.25) is 0 Å². The molecule has 0 radical (unpaired) electrons. The number of nitrogen functional groups attached to an aromatic ring is 1. The Labute approximate surface area is 135 Å². The fraction of sp³-hybridized carbons (Fsp3) is 0.294. The summed E-state index contributed by atoms with van der Waals surface area (Å²) in [5.74, 6) is 0.756. The second-order valence-electron chi connectivity index (χ2n) is 5.77. The number of anilines is 3. The highest BCUT2D eigenvalue weighted by Gasteiger charge is 2.15. The second-order valence-corrected chi connectivity index (χ2v) is 5.77. The number of rotatable bonds is 3. The molecule has 1 aromatic heterocycles. The lowest BCUT2D eigenvalue weighted by Crippen LogP contribution is -2.44. The molecule has 0 bridgehead atoms. The van der Waals surface area contributed by atoms with Gasteiger partial charge >= 0.3 is 0 Å². The van der Waals surface area contributed by atoms with Crippen LogP contribution in [0.2, 0.25) is 0 Å². The molecule has 2 heterocycles. The minimum absolute atomic E-state index is 0.188. The van der Waals surface area contributed by atoms with Gasteiger partial charge in [0.1, 0.15) is 5.82 Å². The van der Waals surface area contributed by atoms with Crippen molar-refractivity contribution >= 4 is 23.1 Å². The third kappa shape index (κ3) is 3.78. The smallest absolute Gasteiger partial charge is 0.255 e. The van der Waals surface area contributed by atoms with Crippen molar-refractivity contribution in [1.82, 2.24) is 9.88 Å². The van der Waals surface area contributed by atoms with E-state index >= 15 is 0 Å². The van der Waals surface area contributed by atoms with E-state index in [0.717, 1.165) is 32.0 Å². The monoisotopic (exact) mass is 311 g/mol. The molecule has 1 aromatic carbocycles. The number of hydrogen-bond acceptors (Lipinski definition) is 5. The van der Waals surface area contributed by atoms with Crippen molar-refractivity contribution in [2.24, 2.45) is 0 Å². The van der Waals surface area contributed by atoms with Gasteiger partial charge in [-0.05, 0) is 37.4 Å². The molecular formula is C17H21N5O. The van der Waals surface area contributed by atoms with Crippen molar-refractivity contribution in [3.8, 4) is 0 Å². The number of likely N-dealkylation sites (N-methyl/N-ethyl adjacent to an activating group) is 1. The molecule has 1 saturated heterocycles. The van der Waals surface area contributed by atoms with E-state index in [4.69, 9.17) is 5.73 Å². The molecule has 1 amide bonds. The van der Waals surface area contributed by atoms with E-state index in [-0.39, 0.29) is 5.91 Å². The van der Waals surface area contributed by atoms with E-state index in [1.807, 2.05) is 12.1 Å². The van der Waals surface area contributed by atoms with Gasteiger partial charge in [0, 0.05) is 37.4 Å². The Balaban J connectivity index is 1.64. The van der Waals surface area contributed by atoms with Crippen LogP contribution in [0.25, 0.3) is 0 Å². The quantitative estimate of drug-likeness (QED) is 0.844. The lowest BCUT2D eigenvalue weighted by Gasteiger charge is -2.33. The standard InChI is InChI=1S/C17H21N5O/c1-21-7-9-22(10-8-21)16-6-5-15(12-19-16)20-17(23)13-3-2-4-14(18)11-13/h2-6,11-12H,7-10,18H2,1H3,(H,20,23). The van der Waals surface area contributed by atoms with E-state index in [0.29, 0.717) is 16.9 Å². The largest absolute Gasteiger partial charge is 0.399 e. The van der Waals surface area contributed by atoms with Gasteiger partial charge in [-0.2, -0.15) is 0 Å². The number of nitrogens with two attached hydrogens (primary N) is 1. The van der Waals surface area contributed by atoms with Crippen LogP contribution in [0.3, 0.4) is 0 Å². The normalized spacial score (nSPS) is 15.4. The van der Waals surface area contributed by atoms with Crippen LogP contribution >= 0.6 is 0 Å². The first-order valence-corrected chi connectivity index (χ1v) is 7.68. The van der Waals surface area contributed by atoms with E-state index in [9.17, 15) is 4.79 Å². The summed E-state index contributed by atoms with van der Waals surface area (Å²) in [7, 11) is 2.12. The number of piperazine rings is 1. The maximum atomic E-state index is 12.2. The van der Waals surface area contributed by atoms with Crippen molar-refractivity contribution < 1.29 is 4.79 Å². The molecule has 23 heavy (non-hydrogen) atoms. The molecule has 0 unspecified atom stereocenters. The summed E-state index contributed by atoms with van der Waals surface area (Å²) in [6, 6.07) is 10.7. The van der Waals surface area contributed by atoms with Crippen LogP contribution in [0, 0.1) is 0 Å². The number of carbonyl (C=O) groups is 1. The summed E-state index contributed by atoms with van der Waals surface area (Å²) >= 11 is 0. The Morgan fingerprint density at radius 3 is 2.61 bits per heavy atom. The summed E-state index contributed by atoms with van der Waals surface area (Å²) in [6.07, 6.45) is 1.69. The molecule has 1 aliphatic heterocycles. The number of aromatic nitrogens is 1. The van der Waals surface area contributed by atoms with Gasteiger partial charge in [0.15, 0.2) is 0 Å². The van der Waals surface area contributed by atoms with Gasteiger partial charge in [-0.1, -0.05) is 6.07 Å². The third-order valence-corrected chi connectivity index (χ3v) is 3.98. The van der Waals surface area contributed by atoms with Crippen molar-refractivity contribution in [3.05, 3.63) is 48.2 Å². The van der Waals surface area contributed by atoms with Crippen LogP contribution in [0.5, 0.6) is 0 Å². The number of benzene rings is 1. The Morgan fingerprint density at radius 1 is 1.17 bits per heavy atom. The van der Waals surface area contributed by atoms with Crippen LogP contribution in [-0.2, 0) is 0 Å². The molecule has 120 valence electrons. The summed E-state index contributed by atoms with van der Waals surface area (Å²) in [5, 5.41) is 2.84. The number of amides is 1. The maximum Gasteiger partial charge on any atom is 0.255 e. The van der Waals surface area contributed by atoms with E-state index in [1.165, 1.54) is 0 Å². The van der Waals surface area contributed by atoms with Gasteiger partial charge in [0.25, 0.3) is 5.91 Å². The molecule has 6 nitrogen and oxygen atoms in total. The topological polar surface area (TPSA) is 74.5 Å². The fourth-order valence-electron chi connectivity index (χ4n) is 2.57. The predicted molar refractivity (Wildman–Crippen MR) is 92.8 cm³/mol. The number of pyridine rings is 1. The SMILES string of the molecule is CN1CCN(c2ccc(NC(=O)c3cccc(N)c3)cn2)CC1. The molecule has 2 aromatic rings. The van der Waals surface area contributed by atoms with Crippen LogP contribution in [-0.4, -0.2) is 49.0 Å². The van der Waals surface area contributed by atoms with E-state index < -0.39 is 0 Å². The lowest BCUT2D eigenvalue weighted by atomic mass is 10.2. The van der Waals surface area contributed by atoms with Gasteiger partial charge in [-0.3, -0.25) is 4.79 Å². The molecule has 3 rings (SSSR count). The highest BCUT2D eigenvalue weighted by atomic mass is 16.1. The van der Waals surface area contributed by atoms with Crippen LogP contribution in [0.4, 0.5) is 17.2 Å². The summed E-state index contributed by atoms with van der Waals surface area (Å²) in [5.41, 5.74) is 7.48. The number of nitrogens with one attached hydrogen (secondary N) is 1. The zero-order valence-electron chi connectivity index (χ0n) is 13.2. The van der Waals surface area contributed by atoms with Gasteiger partial charge in [-0.15, -0.1) is 0 Å². The molecule has 0 spiro atoms. The first-order valence-electron chi connectivity index (χ1n) is 7.68. The molecule has 0 aliphatic carbocycles. The average molecular weight is 311 g/mol.